The normalized spacial score (nSPS) is 15.7. The summed E-state index contributed by atoms with van der Waals surface area (Å²) in [4.78, 5) is 29.2. The van der Waals surface area contributed by atoms with Crippen molar-refractivity contribution in [3.63, 3.8) is 0 Å². The smallest absolute Gasteiger partial charge is 0.234 e. The highest BCUT2D eigenvalue weighted by Crippen LogP contribution is 2.23. The number of rotatable bonds is 11. The molecule has 1 atom stereocenters. The molecule has 2 aromatic carbocycles. The second-order valence-corrected chi connectivity index (χ2v) is 8.65. The average molecular weight is 473 g/mol. The van der Waals surface area contributed by atoms with Gasteiger partial charge >= 0.3 is 0 Å². The molecule has 1 unspecified atom stereocenters. The van der Waals surface area contributed by atoms with Crippen LogP contribution in [0.1, 0.15) is 23.6 Å². The molecule has 0 aliphatic carbocycles. The van der Waals surface area contributed by atoms with Gasteiger partial charge in [-0.25, -0.2) is 0 Å². The van der Waals surface area contributed by atoms with Crippen LogP contribution in [-0.2, 0) is 14.3 Å². The molecular formula is C25H33ClN4O3. The summed E-state index contributed by atoms with van der Waals surface area (Å²) in [6.45, 7) is 5.01. The van der Waals surface area contributed by atoms with Crippen LogP contribution in [0.5, 0.6) is 0 Å². The van der Waals surface area contributed by atoms with Crippen molar-refractivity contribution in [3.8, 4) is 0 Å². The molecule has 1 aliphatic rings. The number of hydrogen-bond acceptors (Lipinski definition) is 5. The summed E-state index contributed by atoms with van der Waals surface area (Å²) in [5, 5.41) is 6.76. The van der Waals surface area contributed by atoms with Crippen LogP contribution >= 0.6 is 11.6 Å². The molecule has 1 fully saturated rings. The summed E-state index contributed by atoms with van der Waals surface area (Å²) in [5.41, 5.74) is 2.01. The van der Waals surface area contributed by atoms with Crippen molar-refractivity contribution in [2.24, 2.45) is 0 Å². The van der Waals surface area contributed by atoms with Crippen LogP contribution in [0.15, 0.2) is 54.6 Å². The van der Waals surface area contributed by atoms with Crippen molar-refractivity contribution in [1.82, 2.24) is 20.4 Å². The van der Waals surface area contributed by atoms with Gasteiger partial charge in [0.1, 0.15) is 0 Å². The Morgan fingerprint density at radius 3 is 2.09 bits per heavy atom. The molecule has 0 aromatic heterocycles. The number of halogens is 1. The number of methoxy groups -OCH3 is 1. The molecule has 0 radical (unpaired) electrons. The fraction of sp³-hybridized carbons (Fsp3) is 0.440. The van der Waals surface area contributed by atoms with Crippen molar-refractivity contribution in [3.05, 3.63) is 70.7 Å². The Balaban J connectivity index is 1.47. The topological polar surface area (TPSA) is 73.9 Å². The van der Waals surface area contributed by atoms with Gasteiger partial charge in [0, 0.05) is 51.5 Å². The minimum absolute atomic E-state index is 0.0249. The number of nitrogens with one attached hydrogen (secondary N) is 2. The zero-order valence-electron chi connectivity index (χ0n) is 19.1. The number of carbonyl (C=O) groups is 2. The lowest BCUT2D eigenvalue weighted by atomic mass is 9.98. The molecule has 3 rings (SSSR count). The number of ether oxygens (including phenoxy) is 1. The molecule has 2 amide bonds. The van der Waals surface area contributed by atoms with Gasteiger partial charge < -0.3 is 15.4 Å². The van der Waals surface area contributed by atoms with E-state index in [1.165, 1.54) is 0 Å². The van der Waals surface area contributed by atoms with E-state index in [2.05, 4.69) is 20.4 Å². The third-order valence-electron chi connectivity index (χ3n) is 5.69. The maximum Gasteiger partial charge on any atom is 0.234 e. The molecule has 2 aromatic rings. The maximum atomic E-state index is 12.9. The van der Waals surface area contributed by atoms with Crippen LogP contribution in [0.2, 0.25) is 5.02 Å². The minimum Gasteiger partial charge on any atom is -0.385 e. The van der Waals surface area contributed by atoms with Crippen molar-refractivity contribution in [2.75, 3.05) is 59.5 Å². The standard InChI is InChI=1S/C25H33ClN4O3/c1-33-17-5-12-27-23(31)18-29-13-15-30(16-14-29)19-24(32)28-25(20-6-3-2-4-7-20)21-8-10-22(26)11-9-21/h2-4,6-11,25H,5,12-19H2,1H3,(H,27,31)(H,28,32). The Morgan fingerprint density at radius 1 is 0.909 bits per heavy atom. The first-order valence-corrected chi connectivity index (χ1v) is 11.7. The Labute approximate surface area is 201 Å². The number of piperazine rings is 1. The molecule has 7 nitrogen and oxygen atoms in total. The lowest BCUT2D eigenvalue weighted by Crippen LogP contribution is -2.51. The molecule has 1 heterocycles. The van der Waals surface area contributed by atoms with E-state index in [0.717, 1.165) is 43.7 Å². The van der Waals surface area contributed by atoms with Crippen LogP contribution in [-0.4, -0.2) is 81.1 Å². The highest BCUT2D eigenvalue weighted by atomic mass is 35.5. The van der Waals surface area contributed by atoms with Gasteiger partial charge in [-0.2, -0.15) is 0 Å². The van der Waals surface area contributed by atoms with Gasteiger partial charge in [-0.1, -0.05) is 54.1 Å². The van der Waals surface area contributed by atoms with E-state index >= 15 is 0 Å². The van der Waals surface area contributed by atoms with Gasteiger partial charge in [0.05, 0.1) is 19.1 Å². The average Bonchev–Trinajstić information content (AvgIpc) is 2.83. The van der Waals surface area contributed by atoms with E-state index in [4.69, 9.17) is 16.3 Å². The second kappa shape index (κ2) is 13.3. The molecule has 0 bridgehead atoms. The van der Waals surface area contributed by atoms with E-state index in [1.807, 2.05) is 54.6 Å². The van der Waals surface area contributed by atoms with Gasteiger partial charge in [-0.3, -0.25) is 19.4 Å². The molecule has 178 valence electrons. The zero-order valence-corrected chi connectivity index (χ0v) is 19.9. The molecule has 0 saturated carbocycles. The lowest BCUT2D eigenvalue weighted by Gasteiger charge is -2.34. The third kappa shape index (κ3) is 8.44. The molecule has 33 heavy (non-hydrogen) atoms. The predicted molar refractivity (Wildman–Crippen MR) is 130 cm³/mol. The number of carbonyl (C=O) groups excluding carboxylic acids is 2. The Hall–Kier alpha value is -2.45. The monoisotopic (exact) mass is 472 g/mol. The van der Waals surface area contributed by atoms with E-state index in [9.17, 15) is 9.59 Å². The summed E-state index contributed by atoms with van der Waals surface area (Å²) in [6.07, 6.45) is 0.811. The van der Waals surface area contributed by atoms with Crippen molar-refractivity contribution < 1.29 is 14.3 Å². The highest BCUT2D eigenvalue weighted by molar-refractivity contribution is 6.30. The highest BCUT2D eigenvalue weighted by Gasteiger charge is 2.22. The summed E-state index contributed by atoms with van der Waals surface area (Å²) in [7, 11) is 1.65. The number of hydrogen-bond donors (Lipinski definition) is 2. The van der Waals surface area contributed by atoms with Crippen LogP contribution in [0.25, 0.3) is 0 Å². The first kappa shape index (κ1) is 25.2. The van der Waals surface area contributed by atoms with E-state index in [-0.39, 0.29) is 17.9 Å². The number of amides is 2. The summed E-state index contributed by atoms with van der Waals surface area (Å²) >= 11 is 6.05. The van der Waals surface area contributed by atoms with Crippen molar-refractivity contribution >= 4 is 23.4 Å². The summed E-state index contributed by atoms with van der Waals surface area (Å²) in [6, 6.07) is 17.3. The Morgan fingerprint density at radius 2 is 1.48 bits per heavy atom. The first-order chi connectivity index (χ1) is 16.0. The van der Waals surface area contributed by atoms with E-state index in [0.29, 0.717) is 31.3 Å². The van der Waals surface area contributed by atoms with Crippen molar-refractivity contribution in [1.29, 1.82) is 0 Å². The quantitative estimate of drug-likeness (QED) is 0.491. The SMILES string of the molecule is COCCCNC(=O)CN1CCN(CC(=O)NC(c2ccccc2)c2ccc(Cl)cc2)CC1. The van der Waals surface area contributed by atoms with Gasteiger partial charge in [-0.15, -0.1) is 0 Å². The fourth-order valence-corrected chi connectivity index (χ4v) is 4.00. The maximum absolute atomic E-state index is 12.9. The van der Waals surface area contributed by atoms with Gasteiger partial charge in [-0.05, 0) is 29.7 Å². The third-order valence-corrected chi connectivity index (χ3v) is 5.94. The summed E-state index contributed by atoms with van der Waals surface area (Å²) < 4.78 is 4.99. The Kier molecular flexibility index (Phi) is 10.2. The van der Waals surface area contributed by atoms with Crippen LogP contribution in [0.4, 0.5) is 0 Å². The Bertz CT molecular complexity index is 871. The van der Waals surface area contributed by atoms with E-state index in [1.54, 1.807) is 7.11 Å². The molecular weight excluding hydrogens is 440 g/mol. The van der Waals surface area contributed by atoms with Gasteiger partial charge in [0.25, 0.3) is 0 Å². The predicted octanol–water partition coefficient (Wildman–Crippen LogP) is 2.32. The van der Waals surface area contributed by atoms with Crippen LogP contribution in [0.3, 0.4) is 0 Å². The minimum atomic E-state index is -0.237. The lowest BCUT2D eigenvalue weighted by molar-refractivity contribution is -0.125. The summed E-state index contributed by atoms with van der Waals surface area (Å²) in [5.74, 6) is 0.00843. The second-order valence-electron chi connectivity index (χ2n) is 8.21. The molecule has 1 saturated heterocycles. The number of nitrogens with zero attached hydrogens (tertiary/aromatic N) is 2. The zero-order chi connectivity index (χ0) is 23.5. The van der Waals surface area contributed by atoms with E-state index < -0.39 is 0 Å². The molecule has 1 aliphatic heterocycles. The fourth-order valence-electron chi connectivity index (χ4n) is 3.88. The van der Waals surface area contributed by atoms with Gasteiger partial charge in [0.2, 0.25) is 11.8 Å². The molecule has 0 spiro atoms. The largest absolute Gasteiger partial charge is 0.385 e. The molecule has 8 heteroatoms. The first-order valence-electron chi connectivity index (χ1n) is 11.4. The van der Waals surface area contributed by atoms with Crippen LogP contribution in [0, 0.1) is 0 Å². The number of benzene rings is 2. The van der Waals surface area contributed by atoms with Crippen molar-refractivity contribution in [2.45, 2.75) is 12.5 Å². The van der Waals surface area contributed by atoms with Gasteiger partial charge in [0.15, 0.2) is 0 Å². The molecule has 2 N–H and O–H groups in total. The van der Waals surface area contributed by atoms with Crippen LogP contribution < -0.4 is 10.6 Å².